The average Bonchev–Trinajstić information content (AvgIpc) is 2.90. The second kappa shape index (κ2) is 6.98. The Hall–Kier alpha value is -2.50. The van der Waals surface area contributed by atoms with Gasteiger partial charge in [-0.1, -0.05) is 18.1 Å². The van der Waals surface area contributed by atoms with E-state index in [1.807, 2.05) is 32.0 Å². The monoisotopic (exact) mass is 303 g/mol. The zero-order chi connectivity index (χ0) is 16.1. The number of ether oxygens (including phenoxy) is 1. The molecule has 0 aliphatic carbocycles. The van der Waals surface area contributed by atoms with Gasteiger partial charge in [0.1, 0.15) is 17.6 Å². The van der Waals surface area contributed by atoms with Crippen molar-refractivity contribution >= 4 is 17.4 Å². The molecule has 1 heterocycles. The number of methoxy groups -OCH3 is 1. The Morgan fingerprint density at radius 1 is 1.36 bits per heavy atom. The van der Waals surface area contributed by atoms with Gasteiger partial charge < -0.3 is 19.9 Å². The summed E-state index contributed by atoms with van der Waals surface area (Å²) in [5, 5.41) is 9.73. The van der Waals surface area contributed by atoms with Crippen LogP contribution in [0.4, 0.5) is 11.5 Å². The van der Waals surface area contributed by atoms with E-state index in [1.54, 1.807) is 20.1 Å². The van der Waals surface area contributed by atoms with E-state index in [4.69, 9.17) is 9.26 Å². The fraction of sp³-hybridized carbons (Fsp3) is 0.375. The molecule has 0 aliphatic rings. The lowest BCUT2D eigenvalue weighted by atomic mass is 10.1. The first-order valence-corrected chi connectivity index (χ1v) is 7.18. The molecule has 0 unspecified atom stereocenters. The first-order valence-electron chi connectivity index (χ1n) is 7.18. The molecule has 0 bridgehead atoms. The SMILES string of the molecule is CC[C@H](Nc1cc(C)ccc1OC)C(=O)Nc1cc(C)on1. The molecular formula is C16H21N3O3. The van der Waals surface area contributed by atoms with E-state index >= 15 is 0 Å². The lowest BCUT2D eigenvalue weighted by Crippen LogP contribution is -2.34. The van der Waals surface area contributed by atoms with Crippen LogP contribution in [0, 0.1) is 13.8 Å². The Balaban J connectivity index is 2.11. The Morgan fingerprint density at radius 2 is 2.14 bits per heavy atom. The molecule has 2 rings (SSSR count). The van der Waals surface area contributed by atoms with Crippen LogP contribution in [0.3, 0.4) is 0 Å². The topological polar surface area (TPSA) is 76.4 Å². The highest BCUT2D eigenvalue weighted by atomic mass is 16.5. The molecule has 6 heteroatoms. The highest BCUT2D eigenvalue weighted by Crippen LogP contribution is 2.26. The summed E-state index contributed by atoms with van der Waals surface area (Å²) in [6, 6.07) is 7.08. The molecule has 0 aliphatic heterocycles. The van der Waals surface area contributed by atoms with Gasteiger partial charge in [0.2, 0.25) is 5.91 Å². The van der Waals surface area contributed by atoms with Crippen LogP contribution >= 0.6 is 0 Å². The number of aromatic nitrogens is 1. The van der Waals surface area contributed by atoms with Crippen LogP contribution < -0.4 is 15.4 Å². The van der Waals surface area contributed by atoms with Crippen LogP contribution in [-0.2, 0) is 4.79 Å². The van der Waals surface area contributed by atoms with Gasteiger partial charge in [-0.15, -0.1) is 0 Å². The minimum absolute atomic E-state index is 0.167. The van der Waals surface area contributed by atoms with E-state index in [-0.39, 0.29) is 5.91 Å². The van der Waals surface area contributed by atoms with Crippen molar-refractivity contribution in [2.24, 2.45) is 0 Å². The number of amides is 1. The zero-order valence-corrected chi connectivity index (χ0v) is 13.3. The van der Waals surface area contributed by atoms with Crippen LogP contribution in [0.25, 0.3) is 0 Å². The van der Waals surface area contributed by atoms with Crippen molar-refractivity contribution in [3.63, 3.8) is 0 Å². The van der Waals surface area contributed by atoms with Crippen molar-refractivity contribution in [3.8, 4) is 5.75 Å². The molecule has 1 aromatic heterocycles. The third-order valence-corrected chi connectivity index (χ3v) is 3.29. The van der Waals surface area contributed by atoms with Crippen molar-refractivity contribution in [1.82, 2.24) is 5.16 Å². The minimum Gasteiger partial charge on any atom is -0.495 e. The molecule has 0 saturated carbocycles. The predicted octanol–water partition coefficient (Wildman–Crippen LogP) is 3.13. The number of carbonyl (C=O) groups excluding carboxylic acids is 1. The van der Waals surface area contributed by atoms with Crippen molar-refractivity contribution in [1.29, 1.82) is 0 Å². The first-order chi connectivity index (χ1) is 10.5. The van der Waals surface area contributed by atoms with Crippen LogP contribution in [0.15, 0.2) is 28.8 Å². The fourth-order valence-corrected chi connectivity index (χ4v) is 2.11. The van der Waals surface area contributed by atoms with Crippen LogP contribution in [0.1, 0.15) is 24.7 Å². The number of rotatable bonds is 6. The molecule has 2 aromatic rings. The minimum atomic E-state index is -0.396. The molecule has 0 fully saturated rings. The van der Waals surface area contributed by atoms with Gasteiger partial charge in [0.15, 0.2) is 5.82 Å². The number of nitrogens with one attached hydrogen (secondary N) is 2. The molecule has 118 valence electrons. The van der Waals surface area contributed by atoms with E-state index in [2.05, 4.69) is 15.8 Å². The predicted molar refractivity (Wildman–Crippen MR) is 85.3 cm³/mol. The molecule has 1 amide bonds. The molecule has 0 saturated heterocycles. The number of nitrogens with zero attached hydrogens (tertiary/aromatic N) is 1. The quantitative estimate of drug-likeness (QED) is 0.857. The van der Waals surface area contributed by atoms with Gasteiger partial charge >= 0.3 is 0 Å². The molecule has 6 nitrogen and oxygen atoms in total. The lowest BCUT2D eigenvalue weighted by Gasteiger charge is -2.19. The molecule has 2 N–H and O–H groups in total. The largest absolute Gasteiger partial charge is 0.495 e. The molecule has 0 spiro atoms. The first kappa shape index (κ1) is 15.9. The normalized spacial score (nSPS) is 11.8. The maximum absolute atomic E-state index is 12.3. The Kier molecular flexibility index (Phi) is 5.04. The summed E-state index contributed by atoms with van der Waals surface area (Å²) in [4.78, 5) is 12.3. The second-order valence-electron chi connectivity index (χ2n) is 5.12. The van der Waals surface area contributed by atoms with Gasteiger partial charge in [-0.25, -0.2) is 0 Å². The number of hydrogen-bond donors (Lipinski definition) is 2. The Labute approximate surface area is 129 Å². The van der Waals surface area contributed by atoms with E-state index < -0.39 is 6.04 Å². The standard InChI is InChI=1S/C16H21N3O3/c1-5-12(16(20)18-15-9-11(3)22-19-15)17-13-8-10(2)6-7-14(13)21-4/h6-9,12,17H,5H2,1-4H3,(H,18,19,20)/t12-/m0/s1. The second-order valence-corrected chi connectivity index (χ2v) is 5.12. The van der Waals surface area contributed by atoms with Gasteiger partial charge in [0.05, 0.1) is 12.8 Å². The van der Waals surface area contributed by atoms with E-state index in [9.17, 15) is 4.79 Å². The lowest BCUT2D eigenvalue weighted by molar-refractivity contribution is -0.117. The molecule has 22 heavy (non-hydrogen) atoms. The average molecular weight is 303 g/mol. The van der Waals surface area contributed by atoms with Crippen LogP contribution in [0.2, 0.25) is 0 Å². The molecule has 1 atom stereocenters. The van der Waals surface area contributed by atoms with E-state index in [1.165, 1.54) is 0 Å². The van der Waals surface area contributed by atoms with E-state index in [0.29, 0.717) is 23.7 Å². The Morgan fingerprint density at radius 3 is 2.73 bits per heavy atom. The summed E-state index contributed by atoms with van der Waals surface area (Å²) in [5.74, 6) is 1.60. The number of hydrogen-bond acceptors (Lipinski definition) is 5. The highest BCUT2D eigenvalue weighted by molar-refractivity contribution is 5.96. The van der Waals surface area contributed by atoms with Crippen LogP contribution in [-0.4, -0.2) is 24.2 Å². The summed E-state index contributed by atoms with van der Waals surface area (Å²) < 4.78 is 10.3. The van der Waals surface area contributed by atoms with Crippen molar-refractivity contribution in [3.05, 3.63) is 35.6 Å². The molecule has 0 radical (unpaired) electrons. The summed E-state index contributed by atoms with van der Waals surface area (Å²) in [7, 11) is 1.61. The summed E-state index contributed by atoms with van der Waals surface area (Å²) >= 11 is 0. The number of benzene rings is 1. The van der Waals surface area contributed by atoms with Gasteiger partial charge in [-0.05, 0) is 38.0 Å². The summed E-state index contributed by atoms with van der Waals surface area (Å²) in [6.45, 7) is 5.70. The third kappa shape index (κ3) is 3.78. The Bertz CT molecular complexity index is 652. The molecule has 1 aromatic carbocycles. The van der Waals surface area contributed by atoms with Crippen molar-refractivity contribution in [2.75, 3.05) is 17.7 Å². The number of carbonyl (C=O) groups is 1. The zero-order valence-electron chi connectivity index (χ0n) is 13.3. The van der Waals surface area contributed by atoms with Gasteiger partial charge in [-0.3, -0.25) is 4.79 Å². The van der Waals surface area contributed by atoms with Crippen molar-refractivity contribution < 1.29 is 14.1 Å². The van der Waals surface area contributed by atoms with Crippen LogP contribution in [0.5, 0.6) is 5.75 Å². The van der Waals surface area contributed by atoms with Gasteiger partial charge in [0.25, 0.3) is 0 Å². The smallest absolute Gasteiger partial charge is 0.248 e. The maximum Gasteiger partial charge on any atom is 0.248 e. The van der Waals surface area contributed by atoms with Gasteiger partial charge in [-0.2, -0.15) is 0 Å². The van der Waals surface area contributed by atoms with E-state index in [0.717, 1.165) is 11.3 Å². The number of aryl methyl sites for hydroxylation is 2. The summed E-state index contributed by atoms with van der Waals surface area (Å²) in [6.07, 6.45) is 0.625. The highest BCUT2D eigenvalue weighted by Gasteiger charge is 2.19. The third-order valence-electron chi connectivity index (χ3n) is 3.29. The number of anilines is 2. The molecular weight excluding hydrogens is 282 g/mol. The van der Waals surface area contributed by atoms with Crippen molar-refractivity contribution in [2.45, 2.75) is 33.2 Å². The maximum atomic E-state index is 12.3. The fourth-order valence-electron chi connectivity index (χ4n) is 2.11. The van der Waals surface area contributed by atoms with Gasteiger partial charge in [0, 0.05) is 6.07 Å². The summed E-state index contributed by atoms with van der Waals surface area (Å²) in [5.41, 5.74) is 1.88.